The van der Waals surface area contributed by atoms with E-state index >= 15 is 0 Å². The van der Waals surface area contributed by atoms with Crippen molar-refractivity contribution in [2.75, 3.05) is 31.4 Å². The van der Waals surface area contributed by atoms with Crippen molar-refractivity contribution in [1.82, 2.24) is 4.90 Å². The molecule has 0 fully saturated rings. The van der Waals surface area contributed by atoms with E-state index in [1.807, 2.05) is 18.2 Å². The highest BCUT2D eigenvalue weighted by molar-refractivity contribution is 7.98. The van der Waals surface area contributed by atoms with Crippen molar-refractivity contribution in [3.05, 3.63) is 29.8 Å². The average Bonchev–Trinajstić information content (AvgIpc) is 2.45. The SMILES string of the molecule is CSCC(C)N(C)CCS(=O)(=O)c1cccc(C(=N)N)c1. The Morgan fingerprint density at radius 1 is 1.48 bits per heavy atom. The van der Waals surface area contributed by atoms with Gasteiger partial charge in [0.25, 0.3) is 0 Å². The summed E-state index contributed by atoms with van der Waals surface area (Å²) in [6, 6.07) is 6.59. The van der Waals surface area contributed by atoms with Gasteiger partial charge in [0.05, 0.1) is 10.6 Å². The van der Waals surface area contributed by atoms with Crippen molar-refractivity contribution in [2.24, 2.45) is 5.73 Å². The Hall–Kier alpha value is -1.05. The normalized spacial score (nSPS) is 13.3. The summed E-state index contributed by atoms with van der Waals surface area (Å²) in [7, 11) is -1.43. The first-order valence-electron chi connectivity index (χ1n) is 6.64. The number of nitrogens with two attached hydrogens (primary N) is 1. The molecule has 0 aliphatic heterocycles. The molecule has 0 bridgehead atoms. The van der Waals surface area contributed by atoms with Crippen molar-refractivity contribution in [1.29, 1.82) is 5.41 Å². The third-order valence-corrected chi connectivity index (χ3v) is 5.89. The molecule has 3 N–H and O–H groups in total. The molecule has 1 unspecified atom stereocenters. The van der Waals surface area contributed by atoms with Gasteiger partial charge in [-0.1, -0.05) is 12.1 Å². The summed E-state index contributed by atoms with van der Waals surface area (Å²) in [5.41, 5.74) is 5.83. The number of nitrogens with zero attached hydrogens (tertiary/aromatic N) is 1. The summed E-state index contributed by atoms with van der Waals surface area (Å²) in [5, 5.41) is 7.38. The highest BCUT2D eigenvalue weighted by Gasteiger charge is 2.18. The second kappa shape index (κ2) is 7.82. The van der Waals surface area contributed by atoms with E-state index in [0.717, 1.165) is 5.75 Å². The molecule has 0 aromatic heterocycles. The second-order valence-corrected chi connectivity index (χ2v) is 8.07. The van der Waals surface area contributed by atoms with E-state index in [-0.39, 0.29) is 16.5 Å². The number of sulfone groups is 1. The number of benzene rings is 1. The van der Waals surface area contributed by atoms with Gasteiger partial charge in [-0.2, -0.15) is 11.8 Å². The summed E-state index contributed by atoms with van der Waals surface area (Å²) < 4.78 is 24.7. The van der Waals surface area contributed by atoms with E-state index in [2.05, 4.69) is 6.92 Å². The standard InChI is InChI=1S/C14H23N3O2S2/c1-11(10-20-3)17(2)7-8-21(18,19)13-6-4-5-12(9-13)14(15)16/h4-6,9,11H,7-8,10H2,1-3H3,(H3,15,16). The maximum absolute atomic E-state index is 12.3. The van der Waals surface area contributed by atoms with Gasteiger partial charge in [0.2, 0.25) is 0 Å². The average molecular weight is 329 g/mol. The molecule has 1 rings (SSSR count). The predicted octanol–water partition coefficient (Wildman–Crippen LogP) is 1.43. The van der Waals surface area contributed by atoms with E-state index < -0.39 is 9.84 Å². The zero-order valence-corrected chi connectivity index (χ0v) is 14.3. The van der Waals surface area contributed by atoms with Gasteiger partial charge in [-0.3, -0.25) is 5.41 Å². The fraction of sp³-hybridized carbons (Fsp3) is 0.500. The van der Waals surface area contributed by atoms with Crippen LogP contribution in [0.2, 0.25) is 0 Å². The summed E-state index contributed by atoms with van der Waals surface area (Å²) in [6.07, 6.45) is 2.04. The van der Waals surface area contributed by atoms with E-state index in [0.29, 0.717) is 18.2 Å². The van der Waals surface area contributed by atoms with Crippen LogP contribution >= 0.6 is 11.8 Å². The van der Waals surface area contributed by atoms with Gasteiger partial charge in [0.15, 0.2) is 9.84 Å². The Bertz CT molecular complexity index is 588. The molecule has 0 aliphatic carbocycles. The lowest BCUT2D eigenvalue weighted by Gasteiger charge is -2.23. The lowest BCUT2D eigenvalue weighted by molar-refractivity contribution is 0.294. The number of nitrogens with one attached hydrogen (secondary N) is 1. The van der Waals surface area contributed by atoms with Crippen LogP contribution in [0.15, 0.2) is 29.2 Å². The van der Waals surface area contributed by atoms with Crippen LogP contribution in [0, 0.1) is 5.41 Å². The number of amidine groups is 1. The molecule has 118 valence electrons. The van der Waals surface area contributed by atoms with Gasteiger partial charge >= 0.3 is 0 Å². The highest BCUT2D eigenvalue weighted by atomic mass is 32.2. The molecule has 7 heteroatoms. The molecule has 21 heavy (non-hydrogen) atoms. The van der Waals surface area contributed by atoms with Crippen LogP contribution in [0.4, 0.5) is 0 Å². The van der Waals surface area contributed by atoms with Crippen LogP contribution in [-0.2, 0) is 9.84 Å². The maximum Gasteiger partial charge on any atom is 0.179 e. The molecule has 0 spiro atoms. The quantitative estimate of drug-likeness (QED) is 0.556. The third kappa shape index (κ3) is 5.33. The van der Waals surface area contributed by atoms with Gasteiger partial charge in [-0.15, -0.1) is 0 Å². The highest BCUT2D eigenvalue weighted by Crippen LogP contribution is 2.14. The summed E-state index contributed by atoms with van der Waals surface area (Å²) in [4.78, 5) is 2.27. The molecular formula is C14H23N3O2S2. The Morgan fingerprint density at radius 3 is 2.71 bits per heavy atom. The molecule has 0 amide bonds. The minimum absolute atomic E-state index is 0.0591. The molecule has 0 saturated carbocycles. The summed E-state index contributed by atoms with van der Waals surface area (Å²) in [6.45, 7) is 2.56. The molecular weight excluding hydrogens is 306 g/mol. The van der Waals surface area contributed by atoms with Gasteiger partial charge in [-0.05, 0) is 32.4 Å². The first kappa shape index (κ1) is 18.0. The number of nitrogen functional groups attached to an aromatic ring is 1. The van der Waals surface area contributed by atoms with E-state index in [1.54, 1.807) is 30.0 Å². The lowest BCUT2D eigenvalue weighted by atomic mass is 10.2. The molecule has 1 aromatic rings. The van der Waals surface area contributed by atoms with Gasteiger partial charge in [0.1, 0.15) is 5.84 Å². The van der Waals surface area contributed by atoms with Crippen LogP contribution in [0.3, 0.4) is 0 Å². The van der Waals surface area contributed by atoms with Crippen LogP contribution in [-0.4, -0.2) is 56.5 Å². The van der Waals surface area contributed by atoms with Crippen molar-refractivity contribution < 1.29 is 8.42 Å². The van der Waals surface area contributed by atoms with Crippen LogP contribution < -0.4 is 5.73 Å². The number of thioether (sulfide) groups is 1. The zero-order valence-electron chi connectivity index (χ0n) is 12.7. The van der Waals surface area contributed by atoms with Gasteiger partial charge < -0.3 is 10.6 Å². The monoisotopic (exact) mass is 329 g/mol. The van der Waals surface area contributed by atoms with Crippen LogP contribution in [0.25, 0.3) is 0 Å². The number of hydrogen-bond donors (Lipinski definition) is 2. The molecule has 0 saturated heterocycles. The van der Waals surface area contributed by atoms with Crippen molar-refractivity contribution in [3.8, 4) is 0 Å². The molecule has 1 atom stereocenters. The minimum Gasteiger partial charge on any atom is -0.384 e. The maximum atomic E-state index is 12.3. The van der Waals surface area contributed by atoms with Crippen LogP contribution in [0.1, 0.15) is 12.5 Å². The van der Waals surface area contributed by atoms with Crippen molar-refractivity contribution in [3.63, 3.8) is 0 Å². The van der Waals surface area contributed by atoms with Crippen LogP contribution in [0.5, 0.6) is 0 Å². The van der Waals surface area contributed by atoms with Gasteiger partial charge in [-0.25, -0.2) is 8.42 Å². The molecule has 0 radical (unpaired) electrons. The zero-order chi connectivity index (χ0) is 16.0. The van der Waals surface area contributed by atoms with E-state index in [1.165, 1.54) is 6.07 Å². The lowest BCUT2D eigenvalue weighted by Crippen LogP contribution is -2.35. The fourth-order valence-electron chi connectivity index (χ4n) is 1.83. The summed E-state index contributed by atoms with van der Waals surface area (Å²) >= 11 is 1.74. The molecule has 0 heterocycles. The Balaban J connectivity index is 2.78. The first-order valence-corrected chi connectivity index (χ1v) is 9.69. The Kier molecular flexibility index (Phi) is 6.70. The van der Waals surface area contributed by atoms with Gasteiger partial charge in [0, 0.05) is 23.9 Å². The fourth-order valence-corrected chi connectivity index (χ4v) is 3.92. The first-order chi connectivity index (χ1) is 9.77. The summed E-state index contributed by atoms with van der Waals surface area (Å²) in [5.74, 6) is 0.901. The predicted molar refractivity (Wildman–Crippen MR) is 90.0 cm³/mol. The third-order valence-electron chi connectivity index (χ3n) is 3.38. The Morgan fingerprint density at radius 2 is 2.14 bits per heavy atom. The van der Waals surface area contributed by atoms with Crippen molar-refractivity contribution in [2.45, 2.75) is 17.9 Å². The molecule has 0 aliphatic rings. The van der Waals surface area contributed by atoms with E-state index in [4.69, 9.17) is 11.1 Å². The second-order valence-electron chi connectivity index (χ2n) is 5.05. The topological polar surface area (TPSA) is 87.2 Å². The minimum atomic E-state index is -3.36. The number of hydrogen-bond acceptors (Lipinski definition) is 5. The smallest absolute Gasteiger partial charge is 0.179 e. The Labute approximate surface area is 131 Å². The van der Waals surface area contributed by atoms with Crippen molar-refractivity contribution >= 4 is 27.4 Å². The number of rotatable bonds is 8. The van der Waals surface area contributed by atoms with E-state index in [9.17, 15) is 8.42 Å². The molecule has 1 aromatic carbocycles. The molecule has 5 nitrogen and oxygen atoms in total. The largest absolute Gasteiger partial charge is 0.384 e.